The second-order valence-corrected chi connectivity index (χ2v) is 4.12. The molecule has 2 N–H and O–H groups in total. The fraction of sp³-hybridized carbons (Fsp3) is 0.385. The minimum Gasteiger partial charge on any atom is -0.388 e. The molecule has 2 heteroatoms. The van der Waals surface area contributed by atoms with Crippen molar-refractivity contribution < 1.29 is 5.11 Å². The van der Waals surface area contributed by atoms with Crippen molar-refractivity contribution in [1.82, 2.24) is 4.98 Å². The summed E-state index contributed by atoms with van der Waals surface area (Å²) in [6.45, 7) is 4.18. The molecule has 0 aliphatic carbocycles. The van der Waals surface area contributed by atoms with E-state index in [-0.39, 0.29) is 6.10 Å². The van der Waals surface area contributed by atoms with Gasteiger partial charge in [0.05, 0.1) is 6.10 Å². The first-order valence-electron chi connectivity index (χ1n) is 5.48. The molecule has 1 aromatic carbocycles. The molecule has 0 fully saturated rings. The summed E-state index contributed by atoms with van der Waals surface area (Å²) in [7, 11) is 0. The van der Waals surface area contributed by atoms with Gasteiger partial charge in [-0.25, -0.2) is 0 Å². The Bertz CT molecular complexity index is 446. The molecule has 0 radical (unpaired) electrons. The SMILES string of the molecule is CCC(C)C(O)c1cccc2[nH]ccc12. The Kier molecular flexibility index (Phi) is 2.78. The van der Waals surface area contributed by atoms with Crippen molar-refractivity contribution in [3.8, 4) is 0 Å². The summed E-state index contributed by atoms with van der Waals surface area (Å²) in [5.74, 6) is 0.297. The molecule has 15 heavy (non-hydrogen) atoms. The van der Waals surface area contributed by atoms with Gasteiger partial charge in [-0.15, -0.1) is 0 Å². The zero-order valence-corrected chi connectivity index (χ0v) is 9.20. The van der Waals surface area contributed by atoms with Crippen LogP contribution in [-0.2, 0) is 0 Å². The lowest BCUT2D eigenvalue weighted by Gasteiger charge is -2.18. The second kappa shape index (κ2) is 4.07. The zero-order chi connectivity index (χ0) is 10.8. The molecular formula is C13H17NO. The summed E-state index contributed by atoms with van der Waals surface area (Å²) in [4.78, 5) is 3.16. The van der Waals surface area contributed by atoms with Crippen molar-refractivity contribution in [2.24, 2.45) is 5.92 Å². The van der Waals surface area contributed by atoms with E-state index in [1.54, 1.807) is 0 Å². The van der Waals surface area contributed by atoms with Gasteiger partial charge in [0.25, 0.3) is 0 Å². The van der Waals surface area contributed by atoms with Crippen molar-refractivity contribution in [2.75, 3.05) is 0 Å². The average Bonchev–Trinajstić information content (AvgIpc) is 2.74. The maximum absolute atomic E-state index is 10.2. The smallest absolute Gasteiger partial charge is 0.0822 e. The summed E-state index contributed by atoms with van der Waals surface area (Å²) in [5.41, 5.74) is 2.12. The summed E-state index contributed by atoms with van der Waals surface area (Å²) in [6, 6.07) is 8.05. The van der Waals surface area contributed by atoms with E-state index in [9.17, 15) is 5.11 Å². The second-order valence-electron chi connectivity index (χ2n) is 4.12. The minimum absolute atomic E-state index is 0.297. The molecule has 2 nitrogen and oxygen atoms in total. The van der Waals surface area contributed by atoms with Crippen LogP contribution in [0.4, 0.5) is 0 Å². The van der Waals surface area contributed by atoms with Crippen molar-refractivity contribution in [1.29, 1.82) is 0 Å². The van der Waals surface area contributed by atoms with E-state index in [0.717, 1.165) is 22.9 Å². The predicted octanol–water partition coefficient (Wildman–Crippen LogP) is 3.25. The van der Waals surface area contributed by atoms with Crippen LogP contribution in [0.3, 0.4) is 0 Å². The van der Waals surface area contributed by atoms with Gasteiger partial charge in [-0.2, -0.15) is 0 Å². The molecule has 0 saturated heterocycles. The largest absolute Gasteiger partial charge is 0.388 e. The van der Waals surface area contributed by atoms with Gasteiger partial charge in [0.15, 0.2) is 0 Å². The number of nitrogens with one attached hydrogen (secondary N) is 1. The van der Waals surface area contributed by atoms with Gasteiger partial charge >= 0.3 is 0 Å². The number of H-pyrrole nitrogens is 1. The molecule has 80 valence electrons. The van der Waals surface area contributed by atoms with Crippen LogP contribution in [0.1, 0.15) is 31.9 Å². The van der Waals surface area contributed by atoms with E-state index in [1.807, 2.05) is 30.5 Å². The molecule has 0 bridgehead atoms. The predicted molar refractivity (Wildman–Crippen MR) is 62.7 cm³/mol. The van der Waals surface area contributed by atoms with Crippen LogP contribution in [-0.4, -0.2) is 10.1 Å². The molecule has 2 aromatic rings. The number of aromatic nitrogens is 1. The minimum atomic E-state index is -0.366. The third kappa shape index (κ3) is 1.77. The highest BCUT2D eigenvalue weighted by atomic mass is 16.3. The highest BCUT2D eigenvalue weighted by Crippen LogP contribution is 2.29. The molecule has 2 atom stereocenters. The maximum atomic E-state index is 10.2. The Morgan fingerprint density at radius 2 is 2.13 bits per heavy atom. The van der Waals surface area contributed by atoms with Gasteiger partial charge in [0.2, 0.25) is 0 Å². The van der Waals surface area contributed by atoms with E-state index < -0.39 is 0 Å². The summed E-state index contributed by atoms with van der Waals surface area (Å²) in [6.07, 6.45) is 2.54. The number of hydrogen-bond donors (Lipinski definition) is 2. The standard InChI is InChI=1S/C13H17NO/c1-3-9(2)13(15)11-5-4-6-12-10(11)7-8-14-12/h4-9,13-15H,3H2,1-2H3. The number of aliphatic hydroxyl groups is 1. The lowest BCUT2D eigenvalue weighted by Crippen LogP contribution is -2.08. The lowest BCUT2D eigenvalue weighted by atomic mass is 9.93. The fourth-order valence-electron chi connectivity index (χ4n) is 1.90. The summed E-state index contributed by atoms with van der Waals surface area (Å²) < 4.78 is 0. The zero-order valence-electron chi connectivity index (χ0n) is 9.20. The Morgan fingerprint density at radius 3 is 2.87 bits per heavy atom. The van der Waals surface area contributed by atoms with Crippen molar-refractivity contribution in [2.45, 2.75) is 26.4 Å². The van der Waals surface area contributed by atoms with Crippen LogP contribution >= 0.6 is 0 Å². The van der Waals surface area contributed by atoms with Crippen molar-refractivity contribution >= 4 is 10.9 Å². The Balaban J connectivity index is 2.46. The van der Waals surface area contributed by atoms with Crippen LogP contribution in [0.15, 0.2) is 30.5 Å². The van der Waals surface area contributed by atoms with Gasteiger partial charge in [-0.3, -0.25) is 0 Å². The number of aliphatic hydroxyl groups excluding tert-OH is 1. The third-order valence-electron chi connectivity index (χ3n) is 3.13. The van der Waals surface area contributed by atoms with E-state index >= 15 is 0 Å². The maximum Gasteiger partial charge on any atom is 0.0822 e. The Labute approximate surface area is 89.9 Å². The van der Waals surface area contributed by atoms with Gasteiger partial charge in [-0.05, 0) is 23.6 Å². The summed E-state index contributed by atoms with van der Waals surface area (Å²) in [5, 5.41) is 11.3. The average molecular weight is 203 g/mol. The first kappa shape index (κ1) is 10.2. The van der Waals surface area contributed by atoms with Crippen molar-refractivity contribution in [3.63, 3.8) is 0 Å². The molecule has 0 saturated carbocycles. The van der Waals surface area contributed by atoms with E-state index in [0.29, 0.717) is 5.92 Å². The van der Waals surface area contributed by atoms with Gasteiger partial charge < -0.3 is 10.1 Å². The van der Waals surface area contributed by atoms with Crippen LogP contribution < -0.4 is 0 Å². The molecule has 1 heterocycles. The Morgan fingerprint density at radius 1 is 1.33 bits per heavy atom. The first-order chi connectivity index (χ1) is 7.24. The Hall–Kier alpha value is -1.28. The number of fused-ring (bicyclic) bond motifs is 1. The lowest BCUT2D eigenvalue weighted by molar-refractivity contribution is 0.117. The molecule has 0 amide bonds. The molecule has 0 aliphatic heterocycles. The van der Waals surface area contributed by atoms with Crippen molar-refractivity contribution in [3.05, 3.63) is 36.0 Å². The highest BCUT2D eigenvalue weighted by Gasteiger charge is 2.16. The molecule has 2 rings (SSSR count). The highest BCUT2D eigenvalue weighted by molar-refractivity contribution is 5.83. The van der Waals surface area contributed by atoms with E-state index in [1.165, 1.54) is 0 Å². The molecule has 1 aromatic heterocycles. The molecule has 0 aliphatic rings. The molecular weight excluding hydrogens is 186 g/mol. The normalized spacial score (nSPS) is 15.4. The van der Waals surface area contributed by atoms with E-state index in [2.05, 4.69) is 18.8 Å². The fourth-order valence-corrected chi connectivity index (χ4v) is 1.90. The van der Waals surface area contributed by atoms with Gasteiger partial charge in [-0.1, -0.05) is 32.4 Å². The van der Waals surface area contributed by atoms with Gasteiger partial charge in [0, 0.05) is 17.1 Å². The van der Waals surface area contributed by atoms with E-state index in [4.69, 9.17) is 0 Å². The number of rotatable bonds is 3. The summed E-state index contributed by atoms with van der Waals surface area (Å²) >= 11 is 0. The van der Waals surface area contributed by atoms with Crippen LogP contribution in [0, 0.1) is 5.92 Å². The molecule has 2 unspecified atom stereocenters. The van der Waals surface area contributed by atoms with Crippen LogP contribution in [0.5, 0.6) is 0 Å². The topological polar surface area (TPSA) is 36.0 Å². The quantitative estimate of drug-likeness (QED) is 0.789. The molecule has 0 spiro atoms. The van der Waals surface area contributed by atoms with Crippen LogP contribution in [0.2, 0.25) is 0 Å². The number of benzene rings is 1. The van der Waals surface area contributed by atoms with Gasteiger partial charge in [0.1, 0.15) is 0 Å². The monoisotopic (exact) mass is 203 g/mol. The third-order valence-corrected chi connectivity index (χ3v) is 3.13. The first-order valence-corrected chi connectivity index (χ1v) is 5.48. The number of aromatic amines is 1. The number of hydrogen-bond acceptors (Lipinski definition) is 1. The van der Waals surface area contributed by atoms with Crippen LogP contribution in [0.25, 0.3) is 10.9 Å².